The van der Waals surface area contributed by atoms with Crippen LogP contribution < -0.4 is 10.6 Å². The lowest BCUT2D eigenvalue weighted by Gasteiger charge is -2.21. The first-order valence-electron chi connectivity index (χ1n) is 5.94. The second kappa shape index (κ2) is 5.40. The molecule has 0 aliphatic heterocycles. The van der Waals surface area contributed by atoms with Crippen molar-refractivity contribution in [3.8, 4) is 5.75 Å². The number of amides is 1. The largest absolute Gasteiger partial charge is 0.496 e. The summed E-state index contributed by atoms with van der Waals surface area (Å²) in [6.45, 7) is 6.40. The standard InChI is InChI=1S/C14H22N2O2/c1-14(2,3)11-6-7-12(18-5)10(8-11)9-13(17)16(4)15/h6-8H,9,15H2,1-5H3. The quantitative estimate of drug-likeness (QED) is 0.506. The Bertz CT molecular complexity index is 434. The molecule has 0 aliphatic carbocycles. The lowest BCUT2D eigenvalue weighted by molar-refractivity contribution is -0.129. The summed E-state index contributed by atoms with van der Waals surface area (Å²) in [6.07, 6.45) is 0.250. The van der Waals surface area contributed by atoms with Crippen molar-refractivity contribution in [2.24, 2.45) is 5.84 Å². The molecule has 2 N–H and O–H groups in total. The molecule has 0 atom stereocenters. The number of hydrogen-bond acceptors (Lipinski definition) is 3. The molecule has 0 radical (unpaired) electrons. The van der Waals surface area contributed by atoms with Crippen LogP contribution in [0.25, 0.3) is 0 Å². The molecule has 0 heterocycles. The number of nitrogens with zero attached hydrogens (tertiary/aromatic N) is 1. The summed E-state index contributed by atoms with van der Waals surface area (Å²) in [5.74, 6) is 6.02. The van der Waals surface area contributed by atoms with Crippen molar-refractivity contribution in [2.45, 2.75) is 32.6 Å². The summed E-state index contributed by atoms with van der Waals surface area (Å²) >= 11 is 0. The minimum Gasteiger partial charge on any atom is -0.496 e. The Morgan fingerprint density at radius 2 is 2.00 bits per heavy atom. The summed E-state index contributed by atoms with van der Waals surface area (Å²) in [6, 6.07) is 5.94. The number of likely N-dealkylation sites (N-methyl/N-ethyl adjacent to an activating group) is 1. The zero-order valence-electron chi connectivity index (χ0n) is 11.8. The van der Waals surface area contributed by atoms with Crippen LogP contribution in [0.3, 0.4) is 0 Å². The fourth-order valence-electron chi connectivity index (χ4n) is 1.67. The van der Waals surface area contributed by atoms with E-state index in [-0.39, 0.29) is 17.7 Å². The van der Waals surface area contributed by atoms with Crippen molar-refractivity contribution in [3.05, 3.63) is 29.3 Å². The van der Waals surface area contributed by atoms with Crippen LogP contribution in [0.2, 0.25) is 0 Å². The number of methoxy groups -OCH3 is 1. The minimum absolute atomic E-state index is 0.0404. The van der Waals surface area contributed by atoms with Crippen molar-refractivity contribution in [1.82, 2.24) is 5.01 Å². The molecule has 18 heavy (non-hydrogen) atoms. The van der Waals surface area contributed by atoms with Crippen LogP contribution >= 0.6 is 0 Å². The summed E-state index contributed by atoms with van der Waals surface area (Å²) in [5.41, 5.74) is 2.08. The normalized spacial score (nSPS) is 11.2. The SMILES string of the molecule is COc1ccc(C(C)(C)C)cc1CC(=O)N(C)N. The van der Waals surface area contributed by atoms with Crippen molar-refractivity contribution in [1.29, 1.82) is 0 Å². The Morgan fingerprint density at radius 3 is 2.44 bits per heavy atom. The van der Waals surface area contributed by atoms with Crippen LogP contribution in [0, 0.1) is 0 Å². The van der Waals surface area contributed by atoms with Crippen molar-refractivity contribution < 1.29 is 9.53 Å². The highest BCUT2D eigenvalue weighted by atomic mass is 16.5. The number of hydrazine groups is 1. The molecule has 1 rings (SSSR count). The van der Waals surface area contributed by atoms with Gasteiger partial charge in [-0.3, -0.25) is 9.80 Å². The Balaban J connectivity index is 3.11. The van der Waals surface area contributed by atoms with E-state index in [1.54, 1.807) is 14.2 Å². The zero-order valence-corrected chi connectivity index (χ0v) is 11.8. The maximum absolute atomic E-state index is 11.7. The van der Waals surface area contributed by atoms with E-state index in [4.69, 9.17) is 10.6 Å². The predicted molar refractivity (Wildman–Crippen MR) is 72.4 cm³/mol. The lowest BCUT2D eigenvalue weighted by atomic mass is 9.85. The van der Waals surface area contributed by atoms with E-state index in [0.717, 1.165) is 16.3 Å². The molecule has 1 aromatic rings. The predicted octanol–water partition coefficient (Wildman–Crippen LogP) is 1.87. The highest BCUT2D eigenvalue weighted by molar-refractivity contribution is 5.78. The molecule has 0 spiro atoms. The van der Waals surface area contributed by atoms with Gasteiger partial charge in [-0.1, -0.05) is 32.9 Å². The van der Waals surface area contributed by atoms with Gasteiger partial charge in [-0.25, -0.2) is 5.84 Å². The smallest absolute Gasteiger partial charge is 0.240 e. The minimum atomic E-state index is -0.139. The van der Waals surface area contributed by atoms with Gasteiger partial charge < -0.3 is 4.74 Å². The van der Waals surface area contributed by atoms with Gasteiger partial charge in [0.15, 0.2) is 0 Å². The van der Waals surface area contributed by atoms with Crippen molar-refractivity contribution in [3.63, 3.8) is 0 Å². The van der Waals surface area contributed by atoms with Gasteiger partial charge >= 0.3 is 0 Å². The maximum atomic E-state index is 11.7. The lowest BCUT2D eigenvalue weighted by Crippen LogP contribution is -2.34. The molecule has 4 nitrogen and oxygen atoms in total. The molecule has 0 fully saturated rings. The molecule has 100 valence electrons. The fourth-order valence-corrected chi connectivity index (χ4v) is 1.67. The van der Waals surface area contributed by atoms with Gasteiger partial charge in [0.2, 0.25) is 5.91 Å². The third-order valence-corrected chi connectivity index (χ3v) is 2.88. The van der Waals surface area contributed by atoms with Crippen LogP contribution in [0.5, 0.6) is 5.75 Å². The Labute approximate surface area is 109 Å². The molecular formula is C14H22N2O2. The monoisotopic (exact) mass is 250 g/mol. The molecular weight excluding hydrogens is 228 g/mol. The van der Waals surface area contributed by atoms with Gasteiger partial charge in [0.05, 0.1) is 13.5 Å². The van der Waals surface area contributed by atoms with Gasteiger partial charge in [0.25, 0.3) is 0 Å². The number of nitrogens with two attached hydrogens (primary N) is 1. The number of ether oxygens (including phenoxy) is 1. The first kappa shape index (κ1) is 14.5. The summed E-state index contributed by atoms with van der Waals surface area (Å²) < 4.78 is 5.28. The van der Waals surface area contributed by atoms with E-state index in [9.17, 15) is 4.79 Å². The third kappa shape index (κ3) is 3.47. The number of rotatable bonds is 3. The molecule has 0 saturated heterocycles. The van der Waals surface area contributed by atoms with E-state index in [1.165, 1.54) is 5.56 Å². The molecule has 0 bridgehead atoms. The second-order valence-corrected chi connectivity index (χ2v) is 5.46. The second-order valence-electron chi connectivity index (χ2n) is 5.46. The Hall–Kier alpha value is -1.55. The van der Waals surface area contributed by atoms with E-state index in [0.29, 0.717) is 0 Å². The number of benzene rings is 1. The van der Waals surface area contributed by atoms with Gasteiger partial charge in [-0.05, 0) is 17.0 Å². The van der Waals surface area contributed by atoms with E-state index in [1.807, 2.05) is 18.2 Å². The Morgan fingerprint density at radius 1 is 1.39 bits per heavy atom. The van der Waals surface area contributed by atoms with E-state index >= 15 is 0 Å². The van der Waals surface area contributed by atoms with Gasteiger partial charge in [0.1, 0.15) is 5.75 Å². The first-order valence-corrected chi connectivity index (χ1v) is 5.94. The van der Waals surface area contributed by atoms with Crippen LogP contribution in [-0.4, -0.2) is 25.1 Å². The summed E-state index contributed by atoms with van der Waals surface area (Å²) in [5, 5.41) is 1.10. The molecule has 4 heteroatoms. The Kier molecular flexibility index (Phi) is 4.35. The number of carbonyl (C=O) groups is 1. The van der Waals surface area contributed by atoms with Crippen molar-refractivity contribution >= 4 is 5.91 Å². The highest BCUT2D eigenvalue weighted by Gasteiger charge is 2.17. The average molecular weight is 250 g/mol. The molecule has 0 aromatic heterocycles. The summed E-state index contributed by atoms with van der Waals surface area (Å²) in [7, 11) is 3.15. The van der Waals surface area contributed by atoms with Crippen LogP contribution in [0.15, 0.2) is 18.2 Å². The average Bonchev–Trinajstić information content (AvgIpc) is 2.27. The summed E-state index contributed by atoms with van der Waals surface area (Å²) in [4.78, 5) is 11.7. The maximum Gasteiger partial charge on any atom is 0.240 e. The number of hydrogen-bond donors (Lipinski definition) is 1. The van der Waals surface area contributed by atoms with Gasteiger partial charge in [-0.2, -0.15) is 0 Å². The van der Waals surface area contributed by atoms with Crippen molar-refractivity contribution in [2.75, 3.05) is 14.2 Å². The third-order valence-electron chi connectivity index (χ3n) is 2.88. The topological polar surface area (TPSA) is 55.6 Å². The number of carbonyl (C=O) groups excluding carboxylic acids is 1. The molecule has 1 aromatic carbocycles. The fraction of sp³-hybridized carbons (Fsp3) is 0.500. The first-order chi connectivity index (χ1) is 8.25. The van der Waals surface area contributed by atoms with Crippen LogP contribution in [-0.2, 0) is 16.6 Å². The highest BCUT2D eigenvalue weighted by Crippen LogP contribution is 2.28. The molecule has 1 amide bonds. The van der Waals surface area contributed by atoms with E-state index < -0.39 is 0 Å². The van der Waals surface area contributed by atoms with Gasteiger partial charge in [-0.15, -0.1) is 0 Å². The molecule has 0 aliphatic rings. The molecule has 0 unspecified atom stereocenters. The van der Waals surface area contributed by atoms with Crippen LogP contribution in [0.1, 0.15) is 31.9 Å². The van der Waals surface area contributed by atoms with Crippen LogP contribution in [0.4, 0.5) is 0 Å². The van der Waals surface area contributed by atoms with Gasteiger partial charge in [0, 0.05) is 12.6 Å². The molecule has 0 saturated carbocycles. The van der Waals surface area contributed by atoms with E-state index in [2.05, 4.69) is 20.8 Å². The zero-order chi connectivity index (χ0) is 13.9.